The fraction of sp³-hybridized carbons (Fsp3) is 0.667. The molecule has 1 unspecified atom stereocenters. The molecule has 0 bridgehead atoms. The van der Waals surface area contributed by atoms with Crippen molar-refractivity contribution in [2.24, 2.45) is 11.8 Å². The van der Waals surface area contributed by atoms with Crippen LogP contribution in [0.1, 0.15) is 70.1 Å². The lowest BCUT2D eigenvalue weighted by Crippen LogP contribution is -2.58. The van der Waals surface area contributed by atoms with Gasteiger partial charge in [-0.2, -0.15) is 0 Å². The molecule has 2 fully saturated rings. The Morgan fingerprint density at radius 1 is 1.04 bits per heavy atom. The van der Waals surface area contributed by atoms with Crippen molar-refractivity contribution in [3.63, 3.8) is 0 Å². The van der Waals surface area contributed by atoms with E-state index in [1.165, 1.54) is 0 Å². The highest BCUT2D eigenvalue weighted by atomic mass is 16.6. The van der Waals surface area contributed by atoms with E-state index in [0.717, 1.165) is 24.2 Å². The predicted octanol–water partition coefficient (Wildman–Crippen LogP) is 3.82. The van der Waals surface area contributed by atoms with Crippen LogP contribution in [-0.2, 0) is 25.4 Å². The van der Waals surface area contributed by atoms with E-state index < -0.39 is 23.7 Å². The van der Waals surface area contributed by atoms with Crippen LogP contribution < -0.4 is 0 Å². The van der Waals surface area contributed by atoms with E-state index in [4.69, 9.17) is 14.2 Å². The van der Waals surface area contributed by atoms with Gasteiger partial charge in [0, 0.05) is 46.4 Å². The fourth-order valence-electron chi connectivity index (χ4n) is 5.93. The second-order valence-electron chi connectivity index (χ2n) is 13.3. The molecule has 3 heterocycles. The minimum atomic E-state index is -0.700. The zero-order valence-corrected chi connectivity index (χ0v) is 27.7. The highest BCUT2D eigenvalue weighted by molar-refractivity contribution is 5.94. The first-order valence-corrected chi connectivity index (χ1v) is 16.1. The molecular formula is C33H50N6O6. The Hall–Kier alpha value is -3.51. The van der Waals surface area contributed by atoms with Gasteiger partial charge in [0.15, 0.2) is 5.69 Å². The standard InChI is InChI=1S/C33H50N6O6/c1-24(2)21-38(31(41)29-28(14-10-11-17-43-6)39(35-34-29)26-12-8-7-9-13-26)27-20-25(30(40)36-15-18-44-19-16-36)22-37(23-27)32(42)45-33(3,4)5/h7-9,12-13,24-25,27H,10-11,14-23H2,1-6H3/t25-,27?/m1/s1. The van der Waals surface area contributed by atoms with E-state index in [0.29, 0.717) is 58.0 Å². The number of amides is 3. The molecule has 2 aliphatic heterocycles. The molecule has 3 amide bonds. The van der Waals surface area contributed by atoms with Crippen LogP contribution in [0.4, 0.5) is 4.79 Å². The summed E-state index contributed by atoms with van der Waals surface area (Å²) < 4.78 is 18.2. The molecule has 0 N–H and O–H groups in total. The third-order valence-corrected chi connectivity index (χ3v) is 7.99. The molecule has 1 aromatic heterocycles. The molecule has 1 aromatic carbocycles. The van der Waals surface area contributed by atoms with E-state index >= 15 is 0 Å². The molecule has 0 spiro atoms. The van der Waals surface area contributed by atoms with Crippen LogP contribution in [-0.4, -0.2) is 119 Å². The van der Waals surface area contributed by atoms with Gasteiger partial charge in [-0.3, -0.25) is 9.59 Å². The molecule has 2 aromatic rings. The van der Waals surface area contributed by atoms with Gasteiger partial charge in [-0.05, 0) is 64.5 Å². The van der Waals surface area contributed by atoms with Crippen LogP contribution in [0, 0.1) is 11.8 Å². The van der Waals surface area contributed by atoms with Crippen molar-refractivity contribution >= 4 is 17.9 Å². The highest BCUT2D eigenvalue weighted by Gasteiger charge is 2.42. The summed E-state index contributed by atoms with van der Waals surface area (Å²) in [7, 11) is 1.68. The van der Waals surface area contributed by atoms with Crippen LogP contribution in [0.3, 0.4) is 0 Å². The molecule has 0 aliphatic carbocycles. The Labute approximate surface area is 267 Å². The van der Waals surface area contributed by atoms with E-state index in [-0.39, 0.29) is 30.8 Å². The lowest BCUT2D eigenvalue weighted by atomic mass is 9.91. The Kier molecular flexibility index (Phi) is 12.0. The van der Waals surface area contributed by atoms with Gasteiger partial charge in [0.05, 0.1) is 36.6 Å². The molecule has 248 valence electrons. The predicted molar refractivity (Wildman–Crippen MR) is 169 cm³/mol. The lowest BCUT2D eigenvalue weighted by molar-refractivity contribution is -0.142. The quantitative estimate of drug-likeness (QED) is 0.346. The van der Waals surface area contributed by atoms with Gasteiger partial charge in [-0.25, -0.2) is 9.48 Å². The van der Waals surface area contributed by atoms with Gasteiger partial charge in [0.1, 0.15) is 5.60 Å². The van der Waals surface area contributed by atoms with Crippen molar-refractivity contribution in [2.45, 2.75) is 71.9 Å². The zero-order chi connectivity index (χ0) is 32.6. The van der Waals surface area contributed by atoms with E-state index in [9.17, 15) is 14.4 Å². The topological polar surface area (TPSA) is 119 Å². The first kappa shape index (κ1) is 34.4. The Morgan fingerprint density at radius 2 is 1.76 bits per heavy atom. The molecule has 2 atom stereocenters. The number of likely N-dealkylation sites (tertiary alicyclic amines) is 1. The summed E-state index contributed by atoms with van der Waals surface area (Å²) >= 11 is 0. The van der Waals surface area contributed by atoms with Gasteiger partial charge >= 0.3 is 6.09 Å². The Morgan fingerprint density at radius 3 is 2.40 bits per heavy atom. The second kappa shape index (κ2) is 15.7. The van der Waals surface area contributed by atoms with Crippen LogP contribution in [0.2, 0.25) is 0 Å². The summed E-state index contributed by atoms with van der Waals surface area (Å²) in [5.74, 6) is -0.623. The highest BCUT2D eigenvalue weighted by Crippen LogP contribution is 2.28. The van der Waals surface area contributed by atoms with Gasteiger partial charge in [0.2, 0.25) is 5.91 Å². The third kappa shape index (κ3) is 9.26. The van der Waals surface area contributed by atoms with Crippen LogP contribution in [0.15, 0.2) is 30.3 Å². The summed E-state index contributed by atoms with van der Waals surface area (Å²) in [5.41, 5.74) is 1.15. The van der Waals surface area contributed by atoms with Crippen molar-refractivity contribution in [1.29, 1.82) is 0 Å². The number of para-hydroxylation sites is 1. The fourth-order valence-corrected chi connectivity index (χ4v) is 5.93. The number of hydrogen-bond acceptors (Lipinski definition) is 8. The van der Waals surface area contributed by atoms with Crippen molar-refractivity contribution in [3.8, 4) is 5.69 Å². The maximum atomic E-state index is 14.6. The summed E-state index contributed by atoms with van der Waals surface area (Å²) in [6, 6.07) is 9.25. The minimum absolute atomic E-state index is 0.0256. The number of nitrogens with zero attached hydrogens (tertiary/aromatic N) is 6. The summed E-state index contributed by atoms with van der Waals surface area (Å²) in [4.78, 5) is 46.9. The van der Waals surface area contributed by atoms with Crippen molar-refractivity contribution in [2.75, 3.05) is 59.7 Å². The molecular weight excluding hydrogens is 576 g/mol. The number of piperidine rings is 1. The summed E-state index contributed by atoms with van der Waals surface area (Å²) in [6.07, 6.45) is 2.17. The third-order valence-electron chi connectivity index (χ3n) is 7.99. The number of morpholine rings is 1. The molecule has 0 saturated carbocycles. The van der Waals surface area contributed by atoms with Crippen molar-refractivity contribution < 1.29 is 28.6 Å². The minimum Gasteiger partial charge on any atom is -0.444 e. The molecule has 0 radical (unpaired) electrons. The Balaban J connectivity index is 1.68. The number of hydrogen-bond donors (Lipinski definition) is 0. The summed E-state index contributed by atoms with van der Waals surface area (Å²) in [5, 5.41) is 8.87. The number of aromatic nitrogens is 3. The number of carbonyl (C=O) groups is 3. The van der Waals surface area contributed by atoms with E-state index in [1.807, 2.05) is 56.0 Å². The molecule has 4 rings (SSSR count). The van der Waals surface area contributed by atoms with Crippen LogP contribution >= 0.6 is 0 Å². The first-order chi connectivity index (χ1) is 21.5. The monoisotopic (exact) mass is 626 g/mol. The first-order valence-electron chi connectivity index (χ1n) is 16.1. The molecule has 2 aliphatic rings. The average molecular weight is 627 g/mol. The van der Waals surface area contributed by atoms with Gasteiger partial charge in [-0.15, -0.1) is 5.10 Å². The number of methoxy groups -OCH3 is 1. The van der Waals surface area contributed by atoms with Gasteiger partial charge in [0.25, 0.3) is 5.91 Å². The number of benzene rings is 1. The largest absolute Gasteiger partial charge is 0.444 e. The molecule has 12 nitrogen and oxygen atoms in total. The van der Waals surface area contributed by atoms with Crippen molar-refractivity contribution in [3.05, 3.63) is 41.7 Å². The number of ether oxygens (including phenoxy) is 3. The number of carbonyl (C=O) groups excluding carboxylic acids is 3. The smallest absolute Gasteiger partial charge is 0.410 e. The molecule has 2 saturated heterocycles. The Bertz CT molecular complexity index is 1270. The maximum absolute atomic E-state index is 14.6. The number of rotatable bonds is 11. The van der Waals surface area contributed by atoms with Crippen LogP contribution in [0.25, 0.3) is 5.69 Å². The van der Waals surface area contributed by atoms with Gasteiger partial charge in [-0.1, -0.05) is 37.3 Å². The lowest BCUT2D eigenvalue weighted by Gasteiger charge is -2.44. The van der Waals surface area contributed by atoms with E-state index in [1.54, 1.807) is 21.6 Å². The zero-order valence-electron chi connectivity index (χ0n) is 27.7. The number of unbranched alkanes of at least 4 members (excludes halogenated alkanes) is 1. The second-order valence-corrected chi connectivity index (χ2v) is 13.3. The van der Waals surface area contributed by atoms with E-state index in [2.05, 4.69) is 24.2 Å². The SMILES string of the molecule is COCCCCc1c(C(=O)N(CC(C)C)C2C[C@@H](C(=O)N3CCOCC3)CN(C(=O)OC(C)(C)C)C2)nnn1-c1ccccc1. The average Bonchev–Trinajstić information content (AvgIpc) is 3.45. The maximum Gasteiger partial charge on any atom is 0.410 e. The summed E-state index contributed by atoms with van der Waals surface area (Å²) in [6.45, 7) is 13.1. The van der Waals surface area contributed by atoms with Gasteiger partial charge < -0.3 is 28.9 Å². The normalized spacial score (nSPS) is 19.1. The van der Waals surface area contributed by atoms with Crippen molar-refractivity contribution in [1.82, 2.24) is 29.7 Å². The molecule has 12 heteroatoms. The van der Waals surface area contributed by atoms with Crippen LogP contribution in [0.5, 0.6) is 0 Å². The molecule has 45 heavy (non-hydrogen) atoms.